The SMILES string of the molecule is CC(C)c1cncc(-c2nc(N/N=C/c3ccc(Nc4cccc(C(F)(F)F)c4)cn3)ncc2F)c1. The first-order chi connectivity index (χ1) is 17.2. The van der Waals surface area contributed by atoms with Crippen LogP contribution in [-0.4, -0.2) is 26.2 Å². The van der Waals surface area contributed by atoms with Crippen molar-refractivity contribution < 1.29 is 17.6 Å². The van der Waals surface area contributed by atoms with Gasteiger partial charge in [0.2, 0.25) is 5.95 Å². The highest BCUT2D eigenvalue weighted by atomic mass is 19.4. The van der Waals surface area contributed by atoms with Crippen LogP contribution < -0.4 is 10.7 Å². The molecule has 0 aliphatic heterocycles. The van der Waals surface area contributed by atoms with E-state index in [2.05, 4.69) is 35.8 Å². The van der Waals surface area contributed by atoms with Gasteiger partial charge in [0.1, 0.15) is 5.69 Å². The number of anilines is 3. The number of nitrogens with one attached hydrogen (secondary N) is 2. The van der Waals surface area contributed by atoms with Gasteiger partial charge in [0, 0.05) is 23.6 Å². The molecule has 0 unspecified atom stereocenters. The fourth-order valence-electron chi connectivity index (χ4n) is 3.18. The Hall–Kier alpha value is -4.41. The van der Waals surface area contributed by atoms with Crippen LogP contribution in [0.2, 0.25) is 0 Å². The lowest BCUT2D eigenvalue weighted by atomic mass is 10.0. The van der Waals surface area contributed by atoms with Crippen LogP contribution in [0.4, 0.5) is 34.9 Å². The van der Waals surface area contributed by atoms with Gasteiger partial charge in [0.05, 0.1) is 35.6 Å². The molecule has 0 atom stereocenters. The van der Waals surface area contributed by atoms with Crippen molar-refractivity contribution in [3.8, 4) is 11.3 Å². The average molecular weight is 495 g/mol. The molecule has 1 aromatic carbocycles. The Kier molecular flexibility index (Phi) is 7.18. The number of rotatable bonds is 7. The molecular weight excluding hydrogens is 474 g/mol. The fourth-order valence-corrected chi connectivity index (χ4v) is 3.18. The molecule has 0 saturated carbocycles. The normalized spacial score (nSPS) is 11.8. The van der Waals surface area contributed by atoms with Crippen LogP contribution in [0, 0.1) is 5.82 Å². The first-order valence-electron chi connectivity index (χ1n) is 10.9. The number of hydrogen-bond acceptors (Lipinski definition) is 7. The molecule has 0 fully saturated rings. The van der Waals surface area contributed by atoms with E-state index in [0.29, 0.717) is 16.9 Å². The molecule has 0 aliphatic rings. The maximum Gasteiger partial charge on any atom is 0.416 e. The highest BCUT2D eigenvalue weighted by molar-refractivity contribution is 5.78. The highest BCUT2D eigenvalue weighted by Gasteiger charge is 2.30. The number of benzene rings is 1. The lowest BCUT2D eigenvalue weighted by Gasteiger charge is -2.10. The molecular formula is C25H21F4N7. The number of nitrogens with zero attached hydrogens (tertiary/aromatic N) is 5. The Morgan fingerprint density at radius 3 is 2.50 bits per heavy atom. The maximum atomic E-state index is 14.4. The number of hydrazone groups is 1. The molecule has 11 heteroatoms. The molecule has 0 radical (unpaired) electrons. The van der Waals surface area contributed by atoms with Gasteiger partial charge in [0.15, 0.2) is 5.82 Å². The first-order valence-corrected chi connectivity index (χ1v) is 10.9. The molecule has 0 bridgehead atoms. The number of pyridine rings is 2. The summed E-state index contributed by atoms with van der Waals surface area (Å²) in [7, 11) is 0. The second-order valence-corrected chi connectivity index (χ2v) is 8.10. The summed E-state index contributed by atoms with van der Waals surface area (Å²) in [4.78, 5) is 16.5. The average Bonchev–Trinajstić information content (AvgIpc) is 2.86. The Morgan fingerprint density at radius 2 is 1.78 bits per heavy atom. The van der Waals surface area contributed by atoms with Crippen LogP contribution in [0.15, 0.2) is 72.4 Å². The van der Waals surface area contributed by atoms with Gasteiger partial charge < -0.3 is 5.32 Å². The molecule has 184 valence electrons. The van der Waals surface area contributed by atoms with E-state index in [9.17, 15) is 17.6 Å². The molecule has 0 saturated heterocycles. The molecule has 0 spiro atoms. The maximum absolute atomic E-state index is 14.4. The summed E-state index contributed by atoms with van der Waals surface area (Å²) in [6.45, 7) is 4.03. The summed E-state index contributed by atoms with van der Waals surface area (Å²) in [5, 5.41) is 6.91. The van der Waals surface area contributed by atoms with E-state index in [1.54, 1.807) is 18.3 Å². The van der Waals surface area contributed by atoms with Crippen molar-refractivity contribution in [3.63, 3.8) is 0 Å². The zero-order valence-electron chi connectivity index (χ0n) is 19.3. The predicted molar refractivity (Wildman–Crippen MR) is 129 cm³/mol. The van der Waals surface area contributed by atoms with Crippen LogP contribution >= 0.6 is 0 Å². The molecule has 3 heterocycles. The van der Waals surface area contributed by atoms with E-state index >= 15 is 0 Å². The molecule has 4 aromatic rings. The minimum Gasteiger partial charge on any atom is -0.354 e. The van der Waals surface area contributed by atoms with Crippen molar-refractivity contribution in [1.82, 2.24) is 19.9 Å². The third-order valence-electron chi connectivity index (χ3n) is 5.07. The van der Waals surface area contributed by atoms with Gasteiger partial charge in [0.25, 0.3) is 0 Å². The molecule has 7 nitrogen and oxygen atoms in total. The minimum atomic E-state index is -4.42. The topological polar surface area (TPSA) is 88.0 Å². The lowest BCUT2D eigenvalue weighted by Crippen LogP contribution is -2.05. The predicted octanol–water partition coefficient (Wildman–Crippen LogP) is 6.40. The van der Waals surface area contributed by atoms with Crippen molar-refractivity contribution in [1.29, 1.82) is 0 Å². The molecule has 36 heavy (non-hydrogen) atoms. The number of alkyl halides is 3. The summed E-state index contributed by atoms with van der Waals surface area (Å²) in [6, 6.07) is 9.98. The third-order valence-corrected chi connectivity index (χ3v) is 5.07. The standard InChI is InChI=1S/C25H21F4N7/c1-15(2)16-8-17(11-30-10-16)23-22(26)14-32-24(35-23)36-33-13-20-6-7-21(12-31-20)34-19-5-3-4-18(9-19)25(27,28)29/h3-15,34H,1-2H3,(H,32,35,36)/b33-13+. The molecule has 4 rings (SSSR count). The zero-order chi connectivity index (χ0) is 25.7. The highest BCUT2D eigenvalue weighted by Crippen LogP contribution is 2.31. The van der Waals surface area contributed by atoms with E-state index in [4.69, 9.17) is 0 Å². The second kappa shape index (κ2) is 10.5. The number of hydrogen-bond donors (Lipinski definition) is 2. The smallest absolute Gasteiger partial charge is 0.354 e. The van der Waals surface area contributed by atoms with Crippen molar-refractivity contribution in [3.05, 3.63) is 89.9 Å². The Balaban J connectivity index is 1.42. The van der Waals surface area contributed by atoms with Crippen molar-refractivity contribution in [2.24, 2.45) is 5.10 Å². The largest absolute Gasteiger partial charge is 0.416 e. The van der Waals surface area contributed by atoms with Crippen molar-refractivity contribution in [2.75, 3.05) is 10.7 Å². The minimum absolute atomic E-state index is 0.0837. The zero-order valence-corrected chi connectivity index (χ0v) is 19.3. The third kappa shape index (κ3) is 6.17. The first kappa shape index (κ1) is 24.7. The van der Waals surface area contributed by atoms with Crippen molar-refractivity contribution in [2.45, 2.75) is 25.9 Å². The second-order valence-electron chi connectivity index (χ2n) is 8.10. The van der Waals surface area contributed by atoms with Gasteiger partial charge in [-0.15, -0.1) is 0 Å². The Labute approximate surface area is 204 Å². The Bertz CT molecular complexity index is 1370. The molecule has 0 amide bonds. The molecule has 3 aromatic heterocycles. The van der Waals surface area contributed by atoms with E-state index in [0.717, 1.165) is 23.9 Å². The Morgan fingerprint density at radius 1 is 0.944 bits per heavy atom. The summed E-state index contributed by atoms with van der Waals surface area (Å²) >= 11 is 0. The van der Waals surface area contributed by atoms with Crippen LogP contribution in [0.1, 0.15) is 36.6 Å². The van der Waals surface area contributed by atoms with E-state index in [1.165, 1.54) is 30.7 Å². The van der Waals surface area contributed by atoms with Crippen LogP contribution in [0.3, 0.4) is 0 Å². The summed E-state index contributed by atoms with van der Waals surface area (Å²) < 4.78 is 53.0. The van der Waals surface area contributed by atoms with E-state index in [-0.39, 0.29) is 23.2 Å². The number of halogens is 4. The van der Waals surface area contributed by atoms with Crippen LogP contribution in [0.5, 0.6) is 0 Å². The van der Waals surface area contributed by atoms with E-state index < -0.39 is 17.6 Å². The molecule has 0 aliphatic carbocycles. The summed E-state index contributed by atoms with van der Waals surface area (Å²) in [5.41, 5.74) is 4.73. The van der Waals surface area contributed by atoms with Gasteiger partial charge in [-0.05, 0) is 47.9 Å². The van der Waals surface area contributed by atoms with Gasteiger partial charge >= 0.3 is 6.18 Å². The van der Waals surface area contributed by atoms with E-state index in [1.807, 2.05) is 19.9 Å². The lowest BCUT2D eigenvalue weighted by molar-refractivity contribution is -0.137. The van der Waals surface area contributed by atoms with Gasteiger partial charge in [-0.2, -0.15) is 18.3 Å². The summed E-state index contributed by atoms with van der Waals surface area (Å²) in [5.74, 6) is -0.276. The van der Waals surface area contributed by atoms with Gasteiger partial charge in [-0.25, -0.2) is 19.8 Å². The fraction of sp³-hybridized carbons (Fsp3) is 0.160. The van der Waals surface area contributed by atoms with Crippen molar-refractivity contribution >= 4 is 23.5 Å². The number of aromatic nitrogens is 4. The van der Waals surface area contributed by atoms with Crippen LogP contribution in [-0.2, 0) is 6.18 Å². The summed E-state index contributed by atoms with van der Waals surface area (Å²) in [6.07, 6.45) is 2.75. The molecule has 2 N–H and O–H groups in total. The quantitative estimate of drug-likeness (QED) is 0.175. The van der Waals surface area contributed by atoms with Gasteiger partial charge in [-0.3, -0.25) is 9.97 Å². The monoisotopic (exact) mass is 495 g/mol. The van der Waals surface area contributed by atoms with Gasteiger partial charge in [-0.1, -0.05) is 19.9 Å². The van der Waals surface area contributed by atoms with Crippen LogP contribution in [0.25, 0.3) is 11.3 Å².